The topological polar surface area (TPSA) is 69.9 Å². The van der Waals surface area contributed by atoms with Gasteiger partial charge in [-0.2, -0.15) is 0 Å². The van der Waals surface area contributed by atoms with Crippen molar-refractivity contribution < 1.29 is 14.3 Å². The van der Waals surface area contributed by atoms with E-state index in [2.05, 4.69) is 20.9 Å². The maximum atomic E-state index is 13.6. The van der Waals surface area contributed by atoms with E-state index in [0.717, 1.165) is 20.5 Å². The van der Waals surface area contributed by atoms with Gasteiger partial charge in [0.05, 0.1) is 40.0 Å². The van der Waals surface area contributed by atoms with Gasteiger partial charge >= 0.3 is 5.97 Å². The number of nitrogens with zero attached hydrogens (tertiary/aromatic N) is 2. The van der Waals surface area contributed by atoms with Crippen molar-refractivity contribution in [3.8, 4) is 5.75 Å². The average molecular weight is 560 g/mol. The van der Waals surface area contributed by atoms with Gasteiger partial charge in [0.15, 0.2) is 4.80 Å². The highest BCUT2D eigenvalue weighted by Crippen LogP contribution is 2.35. The third-order valence-electron chi connectivity index (χ3n) is 5.42. The van der Waals surface area contributed by atoms with E-state index in [1.807, 2.05) is 48.7 Å². The van der Waals surface area contributed by atoms with Crippen LogP contribution in [0.5, 0.6) is 5.75 Å². The van der Waals surface area contributed by atoms with E-state index in [9.17, 15) is 9.59 Å². The molecule has 0 radical (unpaired) electrons. The van der Waals surface area contributed by atoms with Gasteiger partial charge in [0, 0.05) is 4.90 Å². The van der Waals surface area contributed by atoms with Gasteiger partial charge in [-0.3, -0.25) is 9.36 Å². The highest BCUT2D eigenvalue weighted by molar-refractivity contribution is 9.10. The number of aromatic nitrogens is 1. The summed E-state index contributed by atoms with van der Waals surface area (Å²) in [6, 6.07) is 12.9. The standard InChI is InChI=1S/C25H23BrN2O4S2/c1-5-32-24(30)21-14(2)27-25-28(22(21)16-8-11-19(31-3)18(26)13-16)23(29)20(34-25)12-15-6-9-17(33-4)10-7-15/h6-13,22H,5H2,1-4H3/b20-12-. The van der Waals surface area contributed by atoms with Gasteiger partial charge in [-0.05, 0) is 77.5 Å². The molecule has 1 unspecified atom stereocenters. The van der Waals surface area contributed by atoms with Gasteiger partial charge < -0.3 is 9.47 Å². The first-order valence-corrected chi connectivity index (χ1v) is 13.4. The maximum absolute atomic E-state index is 13.6. The van der Waals surface area contributed by atoms with Gasteiger partial charge in [0.25, 0.3) is 5.56 Å². The number of thiazole rings is 1. The van der Waals surface area contributed by atoms with Gasteiger partial charge in [0.2, 0.25) is 0 Å². The Hall–Kier alpha value is -2.62. The van der Waals surface area contributed by atoms with Gasteiger partial charge in [-0.1, -0.05) is 29.5 Å². The van der Waals surface area contributed by atoms with E-state index < -0.39 is 12.0 Å². The number of benzene rings is 2. The molecule has 0 spiro atoms. The fourth-order valence-corrected chi connectivity index (χ4v) is 5.82. The van der Waals surface area contributed by atoms with Crippen molar-refractivity contribution in [2.45, 2.75) is 24.8 Å². The predicted molar refractivity (Wildman–Crippen MR) is 139 cm³/mol. The molecule has 0 saturated heterocycles. The quantitative estimate of drug-likeness (QED) is 0.333. The number of ether oxygens (including phenoxy) is 2. The molecular weight excluding hydrogens is 536 g/mol. The van der Waals surface area contributed by atoms with Crippen LogP contribution in [0.15, 0.2) is 72.9 Å². The molecule has 0 saturated carbocycles. The number of methoxy groups -OCH3 is 1. The Kier molecular flexibility index (Phi) is 7.45. The molecule has 0 fully saturated rings. The molecule has 6 nitrogen and oxygen atoms in total. The molecule has 0 N–H and O–H groups in total. The minimum absolute atomic E-state index is 0.205. The van der Waals surface area contributed by atoms with E-state index in [-0.39, 0.29) is 12.2 Å². The first-order valence-electron chi connectivity index (χ1n) is 10.5. The molecule has 9 heteroatoms. The van der Waals surface area contributed by atoms with Crippen LogP contribution in [-0.2, 0) is 9.53 Å². The zero-order valence-corrected chi connectivity index (χ0v) is 22.3. The fraction of sp³-hybridized carbons (Fsp3) is 0.240. The van der Waals surface area contributed by atoms with E-state index >= 15 is 0 Å². The normalized spacial score (nSPS) is 15.7. The third kappa shape index (κ3) is 4.64. The molecular formula is C25H23BrN2O4S2. The lowest BCUT2D eigenvalue weighted by atomic mass is 9.96. The molecule has 4 rings (SSSR count). The summed E-state index contributed by atoms with van der Waals surface area (Å²) in [6.45, 7) is 3.76. The second-order valence-electron chi connectivity index (χ2n) is 7.47. The van der Waals surface area contributed by atoms with Crippen molar-refractivity contribution in [1.82, 2.24) is 4.57 Å². The van der Waals surface area contributed by atoms with Crippen molar-refractivity contribution in [2.24, 2.45) is 4.99 Å². The van der Waals surface area contributed by atoms with Crippen molar-refractivity contribution in [3.05, 3.63) is 89.0 Å². The molecule has 3 aromatic rings. The minimum Gasteiger partial charge on any atom is -0.496 e. The van der Waals surface area contributed by atoms with Crippen molar-refractivity contribution in [1.29, 1.82) is 0 Å². The lowest BCUT2D eigenvalue weighted by molar-refractivity contribution is -0.139. The molecule has 1 aliphatic rings. The summed E-state index contributed by atoms with van der Waals surface area (Å²) in [6.07, 6.45) is 3.88. The molecule has 1 aromatic heterocycles. The maximum Gasteiger partial charge on any atom is 0.338 e. The van der Waals surface area contributed by atoms with E-state index in [0.29, 0.717) is 26.4 Å². The van der Waals surface area contributed by atoms with Crippen LogP contribution < -0.4 is 19.6 Å². The Morgan fingerprint density at radius 3 is 2.62 bits per heavy atom. The third-order valence-corrected chi connectivity index (χ3v) is 7.77. The highest BCUT2D eigenvalue weighted by atomic mass is 79.9. The monoisotopic (exact) mass is 558 g/mol. The number of esters is 1. The summed E-state index contributed by atoms with van der Waals surface area (Å²) in [5.41, 5.74) is 2.36. The Balaban J connectivity index is 1.93. The van der Waals surface area contributed by atoms with Gasteiger partial charge in [-0.25, -0.2) is 9.79 Å². The van der Waals surface area contributed by atoms with Crippen molar-refractivity contribution in [2.75, 3.05) is 20.0 Å². The number of fused-ring (bicyclic) bond motifs is 1. The number of carbonyl (C=O) groups is 1. The van der Waals surface area contributed by atoms with Crippen molar-refractivity contribution >= 4 is 51.1 Å². The number of halogens is 1. The van der Waals surface area contributed by atoms with E-state index in [4.69, 9.17) is 9.47 Å². The summed E-state index contributed by atoms with van der Waals surface area (Å²) in [4.78, 5) is 32.9. The SMILES string of the molecule is CCOC(=O)C1=C(C)N=c2s/c(=C\c3ccc(SC)cc3)c(=O)n2C1c1ccc(OC)c(Br)c1. The summed E-state index contributed by atoms with van der Waals surface area (Å²) < 4.78 is 13.6. The largest absolute Gasteiger partial charge is 0.496 e. The molecule has 0 aliphatic carbocycles. The molecule has 34 heavy (non-hydrogen) atoms. The number of allylic oxidation sites excluding steroid dienone is 1. The van der Waals surface area contributed by atoms with Crippen molar-refractivity contribution in [3.63, 3.8) is 0 Å². The summed E-state index contributed by atoms with van der Waals surface area (Å²) >= 11 is 6.49. The molecule has 0 amide bonds. The Labute approximate surface area is 213 Å². The number of carbonyl (C=O) groups excluding carboxylic acids is 1. The van der Waals surface area contributed by atoms with Crippen LogP contribution in [0.1, 0.15) is 31.0 Å². The highest BCUT2D eigenvalue weighted by Gasteiger charge is 2.33. The second-order valence-corrected chi connectivity index (χ2v) is 10.2. The van der Waals surface area contributed by atoms with Gasteiger partial charge in [-0.15, -0.1) is 11.8 Å². The molecule has 0 bridgehead atoms. The Morgan fingerprint density at radius 2 is 2.00 bits per heavy atom. The number of hydrogen-bond acceptors (Lipinski definition) is 7. The fourth-order valence-electron chi connectivity index (χ4n) is 3.81. The minimum atomic E-state index is -0.668. The van der Waals surface area contributed by atoms with Gasteiger partial charge in [0.1, 0.15) is 5.75 Å². The first-order chi connectivity index (χ1) is 16.4. The lowest BCUT2D eigenvalue weighted by Gasteiger charge is -2.25. The molecule has 1 atom stereocenters. The summed E-state index contributed by atoms with van der Waals surface area (Å²) in [5.74, 6) is 0.172. The lowest BCUT2D eigenvalue weighted by Crippen LogP contribution is -2.39. The van der Waals surface area contributed by atoms with Crippen LogP contribution in [0.2, 0.25) is 0 Å². The Morgan fingerprint density at radius 1 is 1.26 bits per heavy atom. The zero-order chi connectivity index (χ0) is 24.4. The molecule has 176 valence electrons. The smallest absolute Gasteiger partial charge is 0.338 e. The van der Waals surface area contributed by atoms with Crippen LogP contribution in [-0.4, -0.2) is 30.5 Å². The number of thioether (sulfide) groups is 1. The van der Waals surface area contributed by atoms with Crippen LogP contribution >= 0.6 is 39.0 Å². The summed E-state index contributed by atoms with van der Waals surface area (Å²) in [7, 11) is 1.59. The van der Waals surface area contributed by atoms with E-state index in [1.54, 1.807) is 43.4 Å². The number of rotatable bonds is 6. The molecule has 2 aromatic carbocycles. The van der Waals surface area contributed by atoms with Crippen LogP contribution in [0.3, 0.4) is 0 Å². The van der Waals surface area contributed by atoms with Crippen LogP contribution in [0.25, 0.3) is 6.08 Å². The number of hydrogen-bond donors (Lipinski definition) is 0. The first kappa shape index (κ1) is 24.5. The van der Waals surface area contributed by atoms with Crippen LogP contribution in [0.4, 0.5) is 0 Å². The Bertz CT molecular complexity index is 1460. The predicted octanol–water partition coefficient (Wildman–Crippen LogP) is 4.29. The zero-order valence-electron chi connectivity index (χ0n) is 19.1. The molecule has 2 heterocycles. The summed E-state index contributed by atoms with van der Waals surface area (Å²) in [5, 5.41) is 0. The molecule has 1 aliphatic heterocycles. The van der Waals surface area contributed by atoms with Crippen LogP contribution in [0, 0.1) is 0 Å². The van der Waals surface area contributed by atoms with E-state index in [1.165, 1.54) is 11.3 Å². The second kappa shape index (κ2) is 10.3. The average Bonchev–Trinajstić information content (AvgIpc) is 3.13.